The van der Waals surface area contributed by atoms with Crippen molar-refractivity contribution in [3.63, 3.8) is 0 Å². The minimum absolute atomic E-state index is 0.259. The molecule has 0 saturated carbocycles. The summed E-state index contributed by atoms with van der Waals surface area (Å²) in [5, 5.41) is 3.42. The maximum absolute atomic E-state index is 12.8. The summed E-state index contributed by atoms with van der Waals surface area (Å²) in [5.74, 6) is -0.259. The summed E-state index contributed by atoms with van der Waals surface area (Å²) >= 11 is 1.40. The Morgan fingerprint density at radius 3 is 2.61 bits per heavy atom. The standard InChI is InChI=1S/C29H25N5OS/c1-19-7-5-10-21(17-19)26-27(36-29(33-26)34-28(35)22-11-6-15-31-18-22)23-14-16-32-24(25(23)30)13-12-20-8-3-2-4-9-20/h2-11,14-18H,12-13,30H2,1H3,(H,33,34,35). The zero-order valence-electron chi connectivity index (χ0n) is 19.8. The Bertz CT molecular complexity index is 1500. The second-order valence-corrected chi connectivity index (χ2v) is 9.47. The first kappa shape index (κ1) is 23.4. The van der Waals surface area contributed by atoms with Crippen LogP contribution >= 0.6 is 11.3 Å². The van der Waals surface area contributed by atoms with Crippen LogP contribution in [0.15, 0.2) is 91.4 Å². The van der Waals surface area contributed by atoms with E-state index in [4.69, 9.17) is 10.7 Å². The highest BCUT2D eigenvalue weighted by Crippen LogP contribution is 2.42. The quantitative estimate of drug-likeness (QED) is 0.283. The van der Waals surface area contributed by atoms with Crippen molar-refractivity contribution in [1.82, 2.24) is 15.0 Å². The van der Waals surface area contributed by atoms with Crippen LogP contribution in [0, 0.1) is 6.92 Å². The number of nitrogens with zero attached hydrogens (tertiary/aromatic N) is 3. The summed E-state index contributed by atoms with van der Waals surface area (Å²) in [5.41, 5.74) is 13.6. The van der Waals surface area contributed by atoms with Gasteiger partial charge in [0, 0.05) is 29.7 Å². The van der Waals surface area contributed by atoms with Gasteiger partial charge in [-0.25, -0.2) is 4.98 Å². The number of benzene rings is 2. The molecule has 6 nitrogen and oxygen atoms in total. The second kappa shape index (κ2) is 10.5. The van der Waals surface area contributed by atoms with Crippen molar-refractivity contribution in [2.45, 2.75) is 19.8 Å². The molecule has 0 aliphatic rings. The fourth-order valence-corrected chi connectivity index (χ4v) is 5.05. The van der Waals surface area contributed by atoms with Crippen LogP contribution in [0.4, 0.5) is 10.8 Å². The Morgan fingerprint density at radius 2 is 1.83 bits per heavy atom. The fourth-order valence-electron chi connectivity index (χ4n) is 4.03. The molecule has 0 radical (unpaired) electrons. The van der Waals surface area contributed by atoms with Crippen molar-refractivity contribution in [1.29, 1.82) is 0 Å². The van der Waals surface area contributed by atoms with E-state index in [9.17, 15) is 4.79 Å². The van der Waals surface area contributed by atoms with Crippen molar-refractivity contribution in [3.8, 4) is 21.7 Å². The largest absolute Gasteiger partial charge is 0.397 e. The first-order valence-electron chi connectivity index (χ1n) is 11.7. The summed E-state index contributed by atoms with van der Waals surface area (Å²) in [6, 6.07) is 23.8. The molecule has 36 heavy (non-hydrogen) atoms. The van der Waals surface area contributed by atoms with Crippen molar-refractivity contribution < 1.29 is 4.79 Å². The average molecular weight is 492 g/mol. The van der Waals surface area contributed by atoms with Gasteiger partial charge in [0.25, 0.3) is 5.91 Å². The van der Waals surface area contributed by atoms with Gasteiger partial charge in [-0.05, 0) is 49.6 Å². The molecule has 0 unspecified atom stereocenters. The van der Waals surface area contributed by atoms with E-state index in [2.05, 4.69) is 33.5 Å². The highest BCUT2D eigenvalue weighted by molar-refractivity contribution is 7.19. The third kappa shape index (κ3) is 5.16. The van der Waals surface area contributed by atoms with Gasteiger partial charge in [0.2, 0.25) is 0 Å². The SMILES string of the molecule is Cc1cccc(-c2nc(NC(=O)c3cccnc3)sc2-c2ccnc(CCc3ccccc3)c2N)c1. The maximum atomic E-state index is 12.8. The lowest BCUT2D eigenvalue weighted by atomic mass is 10.0. The van der Waals surface area contributed by atoms with E-state index in [0.29, 0.717) is 16.4 Å². The number of pyridine rings is 2. The summed E-state index contributed by atoms with van der Waals surface area (Å²) in [6.45, 7) is 2.04. The van der Waals surface area contributed by atoms with E-state index in [-0.39, 0.29) is 5.91 Å². The molecule has 0 spiro atoms. The van der Waals surface area contributed by atoms with Gasteiger partial charge in [0.1, 0.15) is 0 Å². The molecule has 5 rings (SSSR count). The molecule has 5 aromatic rings. The number of nitrogens with two attached hydrogens (primary N) is 1. The highest BCUT2D eigenvalue weighted by Gasteiger charge is 2.20. The van der Waals surface area contributed by atoms with Gasteiger partial charge < -0.3 is 5.73 Å². The van der Waals surface area contributed by atoms with E-state index in [1.54, 1.807) is 24.5 Å². The maximum Gasteiger partial charge on any atom is 0.259 e. The van der Waals surface area contributed by atoms with Crippen molar-refractivity contribution >= 4 is 28.1 Å². The number of thiazole rings is 1. The number of carbonyl (C=O) groups is 1. The molecule has 1 amide bonds. The van der Waals surface area contributed by atoms with Gasteiger partial charge in [-0.2, -0.15) is 0 Å². The Labute approximate surface area is 213 Å². The average Bonchev–Trinajstić information content (AvgIpc) is 3.32. The normalized spacial score (nSPS) is 10.8. The lowest BCUT2D eigenvalue weighted by Gasteiger charge is -2.11. The molecule has 2 aromatic carbocycles. The van der Waals surface area contributed by atoms with Crippen LogP contribution in [-0.4, -0.2) is 20.9 Å². The van der Waals surface area contributed by atoms with Crippen molar-refractivity contribution in [2.24, 2.45) is 0 Å². The Kier molecular flexibility index (Phi) is 6.82. The van der Waals surface area contributed by atoms with Crippen LogP contribution in [0.1, 0.15) is 27.2 Å². The topological polar surface area (TPSA) is 93.8 Å². The highest BCUT2D eigenvalue weighted by atomic mass is 32.1. The van der Waals surface area contributed by atoms with Crippen LogP contribution in [0.25, 0.3) is 21.7 Å². The van der Waals surface area contributed by atoms with Crippen molar-refractivity contribution in [3.05, 3.63) is 114 Å². The Morgan fingerprint density at radius 1 is 0.972 bits per heavy atom. The number of rotatable bonds is 7. The Balaban J connectivity index is 1.52. The van der Waals surface area contributed by atoms with E-state index < -0.39 is 0 Å². The molecular formula is C29H25N5OS. The molecule has 0 saturated heterocycles. The summed E-state index contributed by atoms with van der Waals surface area (Å²) < 4.78 is 0. The van der Waals surface area contributed by atoms with Crippen LogP contribution in [0.2, 0.25) is 0 Å². The lowest BCUT2D eigenvalue weighted by Crippen LogP contribution is -2.11. The fraction of sp³-hybridized carbons (Fsp3) is 0.103. The van der Waals surface area contributed by atoms with E-state index >= 15 is 0 Å². The first-order chi connectivity index (χ1) is 17.6. The molecule has 0 bridgehead atoms. The zero-order valence-corrected chi connectivity index (χ0v) is 20.6. The van der Waals surface area contributed by atoms with Gasteiger partial charge >= 0.3 is 0 Å². The van der Waals surface area contributed by atoms with Gasteiger partial charge in [-0.1, -0.05) is 65.4 Å². The molecular weight excluding hydrogens is 466 g/mol. The minimum Gasteiger partial charge on any atom is -0.397 e. The van der Waals surface area contributed by atoms with Gasteiger partial charge in [-0.3, -0.25) is 20.1 Å². The van der Waals surface area contributed by atoms with Gasteiger partial charge in [0.05, 0.1) is 27.5 Å². The van der Waals surface area contributed by atoms with Crippen molar-refractivity contribution in [2.75, 3.05) is 11.1 Å². The summed E-state index contributed by atoms with van der Waals surface area (Å²) in [7, 11) is 0. The second-order valence-electron chi connectivity index (χ2n) is 8.47. The number of aryl methyl sites for hydroxylation is 3. The summed E-state index contributed by atoms with van der Waals surface area (Å²) in [6.07, 6.45) is 6.54. The number of hydrogen-bond acceptors (Lipinski definition) is 6. The molecule has 3 heterocycles. The number of aromatic nitrogens is 3. The third-order valence-corrected chi connectivity index (χ3v) is 6.88. The Hall–Kier alpha value is -4.36. The zero-order chi connectivity index (χ0) is 24.9. The molecule has 7 heteroatoms. The number of carbonyl (C=O) groups excluding carboxylic acids is 1. The molecule has 3 aromatic heterocycles. The minimum atomic E-state index is -0.259. The van der Waals surface area contributed by atoms with Gasteiger partial charge in [0.15, 0.2) is 5.13 Å². The predicted octanol–water partition coefficient (Wildman–Crippen LogP) is 6.20. The lowest BCUT2D eigenvalue weighted by molar-refractivity contribution is 0.102. The first-order valence-corrected chi connectivity index (χ1v) is 12.5. The number of nitrogens with one attached hydrogen (secondary N) is 1. The van der Waals surface area contributed by atoms with Crippen LogP contribution < -0.4 is 11.1 Å². The number of hydrogen-bond donors (Lipinski definition) is 2. The monoisotopic (exact) mass is 491 g/mol. The third-order valence-electron chi connectivity index (χ3n) is 5.87. The van der Waals surface area contributed by atoms with Gasteiger partial charge in [-0.15, -0.1) is 0 Å². The smallest absolute Gasteiger partial charge is 0.259 e. The molecule has 178 valence electrons. The number of nitrogen functional groups attached to an aromatic ring is 1. The van der Waals surface area contributed by atoms with E-state index in [0.717, 1.165) is 45.8 Å². The van der Waals surface area contributed by atoms with Crippen LogP contribution in [0.3, 0.4) is 0 Å². The number of amides is 1. The molecule has 3 N–H and O–H groups in total. The molecule has 0 aliphatic carbocycles. The van der Waals surface area contributed by atoms with Crippen LogP contribution in [0.5, 0.6) is 0 Å². The summed E-state index contributed by atoms with van der Waals surface area (Å²) in [4.78, 5) is 27.1. The number of anilines is 2. The van der Waals surface area contributed by atoms with E-state index in [1.165, 1.54) is 23.1 Å². The van der Waals surface area contributed by atoms with Crippen LogP contribution in [-0.2, 0) is 12.8 Å². The van der Waals surface area contributed by atoms with E-state index in [1.807, 2.05) is 49.4 Å². The predicted molar refractivity (Wildman–Crippen MR) is 146 cm³/mol. The molecule has 0 fully saturated rings. The molecule has 0 atom stereocenters. The molecule has 0 aliphatic heterocycles.